The highest BCUT2D eigenvalue weighted by molar-refractivity contribution is 7.21. The molecule has 1 unspecified atom stereocenters. The van der Waals surface area contributed by atoms with Crippen LogP contribution in [0, 0.1) is 5.92 Å². The van der Waals surface area contributed by atoms with Gasteiger partial charge in [0.1, 0.15) is 4.88 Å². The van der Waals surface area contributed by atoms with E-state index in [2.05, 4.69) is 13.8 Å². The van der Waals surface area contributed by atoms with Crippen molar-refractivity contribution in [3.63, 3.8) is 0 Å². The summed E-state index contributed by atoms with van der Waals surface area (Å²) in [6.45, 7) is 5.05. The molecule has 2 rings (SSSR count). The average molecular weight is 276 g/mol. The highest BCUT2D eigenvalue weighted by atomic mass is 32.1. The second kappa shape index (κ2) is 5.61. The first-order valence-corrected chi connectivity index (χ1v) is 7.38. The molecule has 0 spiro atoms. The maximum Gasteiger partial charge on any atom is 0.265 e. The Morgan fingerprint density at radius 2 is 2.11 bits per heavy atom. The normalized spacial score (nSPS) is 12.6. The lowest BCUT2D eigenvalue weighted by Gasteiger charge is -2.20. The van der Waals surface area contributed by atoms with Crippen LogP contribution >= 0.6 is 11.3 Å². The van der Waals surface area contributed by atoms with Crippen LogP contribution in [-0.4, -0.2) is 24.4 Å². The Hall–Kier alpha value is -1.55. The smallest absolute Gasteiger partial charge is 0.265 e. The number of nitrogens with zero attached hydrogens (tertiary/aromatic N) is 1. The van der Waals surface area contributed by atoms with Crippen LogP contribution in [0.3, 0.4) is 0 Å². The molecule has 3 nitrogen and oxygen atoms in total. The predicted molar refractivity (Wildman–Crippen MR) is 82.7 cm³/mol. The van der Waals surface area contributed by atoms with Gasteiger partial charge in [-0.2, -0.15) is 0 Å². The number of anilines is 1. The van der Waals surface area contributed by atoms with Crippen molar-refractivity contribution < 1.29 is 4.79 Å². The van der Waals surface area contributed by atoms with Crippen LogP contribution in [0.25, 0.3) is 10.1 Å². The molecule has 0 radical (unpaired) electrons. The SMILES string of the molecule is CCC(C)CN(C)C(=O)c1sc2ccccc2c1N. The Morgan fingerprint density at radius 1 is 1.42 bits per heavy atom. The number of nitrogens with two attached hydrogens (primary N) is 1. The van der Waals surface area contributed by atoms with Crippen LogP contribution in [0.1, 0.15) is 29.9 Å². The van der Waals surface area contributed by atoms with Gasteiger partial charge in [-0.3, -0.25) is 4.79 Å². The van der Waals surface area contributed by atoms with Gasteiger partial charge in [-0.1, -0.05) is 38.5 Å². The van der Waals surface area contributed by atoms with Gasteiger partial charge in [0.05, 0.1) is 5.69 Å². The van der Waals surface area contributed by atoms with Crippen molar-refractivity contribution in [2.24, 2.45) is 5.92 Å². The van der Waals surface area contributed by atoms with Gasteiger partial charge in [-0.05, 0) is 12.0 Å². The molecule has 0 aliphatic rings. The summed E-state index contributed by atoms with van der Waals surface area (Å²) >= 11 is 1.48. The van der Waals surface area contributed by atoms with E-state index < -0.39 is 0 Å². The van der Waals surface area contributed by atoms with Crippen molar-refractivity contribution in [2.75, 3.05) is 19.3 Å². The van der Waals surface area contributed by atoms with E-state index in [9.17, 15) is 4.79 Å². The standard InChI is InChI=1S/C15H20N2OS/c1-4-10(2)9-17(3)15(18)14-13(16)11-7-5-6-8-12(11)19-14/h5-8,10H,4,9,16H2,1-3H3. The molecule has 0 aliphatic heterocycles. The second-order valence-corrected chi connectivity index (χ2v) is 6.09. The van der Waals surface area contributed by atoms with Crippen molar-refractivity contribution in [3.05, 3.63) is 29.1 Å². The Labute approximate surface area is 118 Å². The summed E-state index contributed by atoms with van der Waals surface area (Å²) < 4.78 is 1.07. The molecule has 0 saturated carbocycles. The first-order chi connectivity index (χ1) is 9.04. The van der Waals surface area contributed by atoms with E-state index in [0.717, 1.165) is 23.1 Å². The number of thiophene rings is 1. The van der Waals surface area contributed by atoms with Gasteiger partial charge in [-0.25, -0.2) is 0 Å². The van der Waals surface area contributed by atoms with Crippen LogP contribution in [0.15, 0.2) is 24.3 Å². The Kier molecular flexibility index (Phi) is 4.10. The molecule has 0 saturated heterocycles. The molecule has 0 bridgehead atoms. The Balaban J connectivity index is 2.28. The number of hydrogen-bond donors (Lipinski definition) is 1. The molecule has 1 aromatic heterocycles. The van der Waals surface area contributed by atoms with Crippen LogP contribution in [0.2, 0.25) is 0 Å². The summed E-state index contributed by atoms with van der Waals surface area (Å²) in [6, 6.07) is 7.88. The number of carbonyl (C=O) groups is 1. The van der Waals surface area contributed by atoms with Gasteiger partial charge < -0.3 is 10.6 Å². The first kappa shape index (κ1) is 13.9. The molecule has 19 heavy (non-hydrogen) atoms. The molecule has 0 aliphatic carbocycles. The molecule has 0 fully saturated rings. The Bertz CT molecular complexity index is 591. The molecular formula is C15H20N2OS. The highest BCUT2D eigenvalue weighted by Gasteiger charge is 2.20. The van der Waals surface area contributed by atoms with Crippen LogP contribution in [-0.2, 0) is 0 Å². The minimum absolute atomic E-state index is 0.0269. The van der Waals surface area contributed by atoms with E-state index in [1.807, 2.05) is 31.3 Å². The zero-order valence-corrected chi connectivity index (χ0v) is 12.5. The van der Waals surface area contributed by atoms with E-state index in [1.165, 1.54) is 11.3 Å². The van der Waals surface area contributed by atoms with E-state index in [1.54, 1.807) is 4.90 Å². The first-order valence-electron chi connectivity index (χ1n) is 6.57. The molecule has 1 amide bonds. The molecule has 1 aromatic carbocycles. The van der Waals surface area contributed by atoms with Crippen molar-refractivity contribution in [1.82, 2.24) is 4.90 Å². The van der Waals surface area contributed by atoms with Crippen molar-refractivity contribution in [2.45, 2.75) is 20.3 Å². The lowest BCUT2D eigenvalue weighted by atomic mass is 10.1. The predicted octanol–water partition coefficient (Wildman–Crippen LogP) is 3.60. The molecular weight excluding hydrogens is 256 g/mol. The quantitative estimate of drug-likeness (QED) is 0.927. The number of fused-ring (bicyclic) bond motifs is 1. The van der Waals surface area contributed by atoms with Crippen molar-refractivity contribution >= 4 is 33.0 Å². The van der Waals surface area contributed by atoms with E-state index in [4.69, 9.17) is 5.73 Å². The molecule has 4 heteroatoms. The maximum atomic E-state index is 12.4. The number of nitrogen functional groups attached to an aromatic ring is 1. The number of benzene rings is 1. The topological polar surface area (TPSA) is 46.3 Å². The summed E-state index contributed by atoms with van der Waals surface area (Å²) in [5.74, 6) is 0.531. The lowest BCUT2D eigenvalue weighted by molar-refractivity contribution is 0.0780. The fraction of sp³-hybridized carbons (Fsp3) is 0.400. The fourth-order valence-corrected chi connectivity index (χ4v) is 3.19. The van der Waals surface area contributed by atoms with Gasteiger partial charge in [0, 0.05) is 23.7 Å². The highest BCUT2D eigenvalue weighted by Crippen LogP contribution is 2.34. The summed E-state index contributed by atoms with van der Waals surface area (Å²) in [5, 5.41) is 0.979. The average Bonchev–Trinajstić information content (AvgIpc) is 2.75. The number of rotatable bonds is 4. The van der Waals surface area contributed by atoms with Gasteiger partial charge in [0.25, 0.3) is 5.91 Å². The minimum Gasteiger partial charge on any atom is -0.397 e. The third-order valence-corrected chi connectivity index (χ3v) is 4.63. The minimum atomic E-state index is 0.0269. The number of hydrogen-bond acceptors (Lipinski definition) is 3. The summed E-state index contributed by atoms with van der Waals surface area (Å²) in [4.78, 5) is 14.9. The summed E-state index contributed by atoms with van der Waals surface area (Å²) in [7, 11) is 1.85. The second-order valence-electron chi connectivity index (χ2n) is 5.04. The van der Waals surface area contributed by atoms with Crippen molar-refractivity contribution in [3.8, 4) is 0 Å². The summed E-state index contributed by atoms with van der Waals surface area (Å²) in [5.41, 5.74) is 6.72. The maximum absolute atomic E-state index is 12.4. The number of carbonyl (C=O) groups excluding carboxylic acids is 1. The third kappa shape index (κ3) is 2.73. The molecule has 1 heterocycles. The molecule has 2 aromatic rings. The van der Waals surface area contributed by atoms with Gasteiger partial charge in [-0.15, -0.1) is 11.3 Å². The monoisotopic (exact) mass is 276 g/mol. The lowest BCUT2D eigenvalue weighted by Crippen LogP contribution is -2.30. The fourth-order valence-electron chi connectivity index (χ4n) is 2.08. The molecule has 102 valence electrons. The van der Waals surface area contributed by atoms with Gasteiger partial charge in [0.15, 0.2) is 0 Å². The molecule has 2 N–H and O–H groups in total. The van der Waals surface area contributed by atoms with Crippen LogP contribution in [0.4, 0.5) is 5.69 Å². The van der Waals surface area contributed by atoms with Crippen LogP contribution in [0.5, 0.6) is 0 Å². The van der Waals surface area contributed by atoms with Crippen molar-refractivity contribution in [1.29, 1.82) is 0 Å². The zero-order chi connectivity index (χ0) is 14.0. The largest absolute Gasteiger partial charge is 0.397 e. The summed E-state index contributed by atoms with van der Waals surface area (Å²) in [6.07, 6.45) is 1.07. The van der Waals surface area contributed by atoms with Crippen LogP contribution < -0.4 is 5.73 Å². The van der Waals surface area contributed by atoms with Gasteiger partial charge in [0.2, 0.25) is 0 Å². The number of amides is 1. The molecule has 1 atom stereocenters. The zero-order valence-electron chi connectivity index (χ0n) is 11.6. The Morgan fingerprint density at radius 3 is 2.74 bits per heavy atom. The van der Waals surface area contributed by atoms with E-state index in [0.29, 0.717) is 16.5 Å². The van der Waals surface area contributed by atoms with E-state index in [-0.39, 0.29) is 5.91 Å². The van der Waals surface area contributed by atoms with E-state index >= 15 is 0 Å². The third-order valence-electron chi connectivity index (χ3n) is 3.46. The van der Waals surface area contributed by atoms with Gasteiger partial charge >= 0.3 is 0 Å².